The molecule has 0 spiro atoms. The maximum Gasteiger partial charge on any atom is 0.275 e. The molecule has 1 aromatic heterocycles. The predicted octanol–water partition coefficient (Wildman–Crippen LogP) is 2.21. The fraction of sp³-hybridized carbons (Fsp3) is 0. The van der Waals surface area contributed by atoms with Gasteiger partial charge in [0.25, 0.3) is 5.91 Å². The number of hydrogen-bond acceptors (Lipinski definition) is 4. The van der Waals surface area contributed by atoms with Crippen LogP contribution in [0.3, 0.4) is 0 Å². The van der Waals surface area contributed by atoms with Crippen molar-refractivity contribution in [2.24, 2.45) is 0 Å². The highest BCUT2D eigenvalue weighted by molar-refractivity contribution is 9.10. The Hall–Kier alpha value is -2.02. The molecular weight excluding hydrogens is 303 g/mol. The van der Waals surface area contributed by atoms with E-state index in [1.54, 1.807) is 0 Å². The Morgan fingerprint density at radius 1 is 1.33 bits per heavy atom. The van der Waals surface area contributed by atoms with Crippen LogP contribution < -0.4 is 11.1 Å². The fourth-order valence-corrected chi connectivity index (χ4v) is 1.68. The second-order valence-electron chi connectivity index (χ2n) is 3.40. The average Bonchev–Trinajstić information content (AvgIpc) is 2.33. The van der Waals surface area contributed by atoms with E-state index < -0.39 is 11.7 Å². The molecule has 0 aliphatic rings. The number of nitrogens with zero attached hydrogens (tertiary/aromatic N) is 2. The van der Waals surface area contributed by atoms with Gasteiger partial charge in [-0.2, -0.15) is 0 Å². The lowest BCUT2D eigenvalue weighted by Crippen LogP contribution is -2.14. The second-order valence-corrected chi connectivity index (χ2v) is 4.26. The minimum Gasteiger partial charge on any atom is -0.382 e. The first kappa shape index (κ1) is 12.4. The molecule has 2 aromatic rings. The maximum atomic E-state index is 12.9. The van der Waals surface area contributed by atoms with Gasteiger partial charge in [0, 0.05) is 4.47 Å². The van der Waals surface area contributed by atoms with Crippen LogP contribution in [0.25, 0.3) is 0 Å². The van der Waals surface area contributed by atoms with Crippen molar-refractivity contribution >= 4 is 33.3 Å². The quantitative estimate of drug-likeness (QED) is 0.891. The Labute approximate surface area is 110 Å². The first-order valence-corrected chi connectivity index (χ1v) is 5.69. The van der Waals surface area contributed by atoms with Crippen LogP contribution in [0.2, 0.25) is 0 Å². The van der Waals surface area contributed by atoms with Gasteiger partial charge in [0.05, 0.1) is 18.1 Å². The number of nitrogen functional groups attached to an aromatic ring is 1. The van der Waals surface area contributed by atoms with E-state index in [-0.39, 0.29) is 11.5 Å². The summed E-state index contributed by atoms with van der Waals surface area (Å²) in [6.45, 7) is 0. The van der Waals surface area contributed by atoms with Crippen molar-refractivity contribution in [1.29, 1.82) is 0 Å². The van der Waals surface area contributed by atoms with Crippen molar-refractivity contribution in [2.75, 3.05) is 11.1 Å². The summed E-state index contributed by atoms with van der Waals surface area (Å²) in [6.07, 6.45) is 2.55. The number of carbonyl (C=O) groups excluding carboxylic acids is 1. The third-order valence-electron chi connectivity index (χ3n) is 2.08. The molecule has 0 fully saturated rings. The topological polar surface area (TPSA) is 80.9 Å². The lowest BCUT2D eigenvalue weighted by Gasteiger charge is -2.06. The van der Waals surface area contributed by atoms with E-state index >= 15 is 0 Å². The number of aromatic nitrogens is 2. The van der Waals surface area contributed by atoms with E-state index in [1.807, 2.05) is 0 Å². The molecule has 7 heteroatoms. The van der Waals surface area contributed by atoms with Crippen molar-refractivity contribution in [3.8, 4) is 0 Å². The number of nitrogens with one attached hydrogen (secondary N) is 1. The maximum absolute atomic E-state index is 12.9. The zero-order valence-corrected chi connectivity index (χ0v) is 10.6. The highest BCUT2D eigenvalue weighted by Gasteiger charge is 2.10. The first-order valence-electron chi connectivity index (χ1n) is 4.90. The molecule has 0 aliphatic heterocycles. The highest BCUT2D eigenvalue weighted by atomic mass is 79.9. The summed E-state index contributed by atoms with van der Waals surface area (Å²) in [5.41, 5.74) is 5.94. The standard InChI is InChI=1S/C11H8BrFN4O/c12-7-3-6(13)1-2-8(7)17-11(18)9-4-16-10(14)5-15-9/h1-5H,(H2,14,16)(H,17,18). The molecule has 0 radical (unpaired) electrons. The van der Waals surface area contributed by atoms with E-state index in [2.05, 4.69) is 31.2 Å². The fourth-order valence-electron chi connectivity index (χ4n) is 1.23. The molecule has 2 rings (SSSR count). The number of halogens is 2. The Kier molecular flexibility index (Phi) is 3.52. The van der Waals surface area contributed by atoms with Gasteiger partial charge in [-0.05, 0) is 34.1 Å². The van der Waals surface area contributed by atoms with Gasteiger partial charge in [-0.25, -0.2) is 14.4 Å². The molecule has 0 unspecified atom stereocenters. The summed E-state index contributed by atoms with van der Waals surface area (Å²) >= 11 is 3.15. The van der Waals surface area contributed by atoms with Crippen molar-refractivity contribution in [3.05, 3.63) is 46.6 Å². The Morgan fingerprint density at radius 3 is 2.72 bits per heavy atom. The van der Waals surface area contributed by atoms with Crippen LogP contribution in [0, 0.1) is 5.82 Å². The number of carbonyl (C=O) groups is 1. The number of amides is 1. The minimum atomic E-state index is -0.449. The van der Waals surface area contributed by atoms with E-state index in [1.165, 1.54) is 30.6 Å². The summed E-state index contributed by atoms with van der Waals surface area (Å²) in [6, 6.07) is 3.95. The minimum absolute atomic E-state index is 0.125. The molecule has 5 nitrogen and oxygen atoms in total. The van der Waals surface area contributed by atoms with E-state index in [0.29, 0.717) is 10.2 Å². The van der Waals surface area contributed by atoms with Crippen LogP contribution in [0.4, 0.5) is 15.9 Å². The second kappa shape index (κ2) is 5.09. The molecule has 3 N–H and O–H groups in total. The molecule has 0 saturated heterocycles. The number of anilines is 2. The third kappa shape index (κ3) is 2.80. The van der Waals surface area contributed by atoms with Crippen LogP contribution in [-0.2, 0) is 0 Å². The van der Waals surface area contributed by atoms with Crippen LogP contribution in [0.1, 0.15) is 10.5 Å². The monoisotopic (exact) mass is 310 g/mol. The summed E-state index contributed by atoms with van der Waals surface area (Å²) in [5.74, 6) is -0.614. The van der Waals surface area contributed by atoms with E-state index in [4.69, 9.17) is 5.73 Å². The Morgan fingerprint density at radius 2 is 2.11 bits per heavy atom. The molecule has 18 heavy (non-hydrogen) atoms. The Balaban J connectivity index is 2.18. The van der Waals surface area contributed by atoms with Gasteiger partial charge in [0.2, 0.25) is 0 Å². The van der Waals surface area contributed by atoms with Gasteiger partial charge in [-0.1, -0.05) is 0 Å². The zero-order chi connectivity index (χ0) is 13.1. The number of nitrogens with two attached hydrogens (primary N) is 1. The van der Waals surface area contributed by atoms with Crippen molar-refractivity contribution in [2.45, 2.75) is 0 Å². The SMILES string of the molecule is Nc1cnc(C(=O)Nc2ccc(F)cc2Br)cn1. The molecule has 0 bridgehead atoms. The molecule has 0 atom stereocenters. The third-order valence-corrected chi connectivity index (χ3v) is 2.74. The van der Waals surface area contributed by atoms with Crippen LogP contribution in [0.15, 0.2) is 35.1 Å². The normalized spacial score (nSPS) is 10.1. The molecule has 1 amide bonds. The van der Waals surface area contributed by atoms with Gasteiger partial charge in [0.15, 0.2) is 0 Å². The van der Waals surface area contributed by atoms with E-state index in [0.717, 1.165) is 0 Å². The van der Waals surface area contributed by atoms with E-state index in [9.17, 15) is 9.18 Å². The number of hydrogen-bond donors (Lipinski definition) is 2. The summed E-state index contributed by atoms with van der Waals surface area (Å²) in [5, 5.41) is 2.58. The molecule has 1 aromatic carbocycles. The van der Waals surface area contributed by atoms with Gasteiger partial charge in [-0.15, -0.1) is 0 Å². The smallest absolute Gasteiger partial charge is 0.275 e. The van der Waals surface area contributed by atoms with Crippen LogP contribution in [-0.4, -0.2) is 15.9 Å². The highest BCUT2D eigenvalue weighted by Crippen LogP contribution is 2.23. The molecular formula is C11H8BrFN4O. The Bertz CT molecular complexity index is 588. The van der Waals surface area contributed by atoms with Crippen LogP contribution >= 0.6 is 15.9 Å². The predicted molar refractivity (Wildman–Crippen MR) is 68.5 cm³/mol. The summed E-state index contributed by atoms with van der Waals surface area (Å²) in [4.78, 5) is 19.4. The zero-order valence-electron chi connectivity index (χ0n) is 9.02. The molecule has 0 aliphatic carbocycles. The lowest BCUT2D eigenvalue weighted by atomic mass is 10.3. The van der Waals surface area contributed by atoms with Gasteiger partial charge in [-0.3, -0.25) is 4.79 Å². The van der Waals surface area contributed by atoms with Gasteiger partial charge >= 0.3 is 0 Å². The van der Waals surface area contributed by atoms with Crippen LogP contribution in [0.5, 0.6) is 0 Å². The molecule has 92 valence electrons. The summed E-state index contributed by atoms with van der Waals surface area (Å²) < 4.78 is 13.3. The van der Waals surface area contributed by atoms with Gasteiger partial charge in [0.1, 0.15) is 17.3 Å². The molecule has 0 saturated carbocycles. The van der Waals surface area contributed by atoms with Gasteiger partial charge < -0.3 is 11.1 Å². The summed E-state index contributed by atoms with van der Waals surface area (Å²) in [7, 11) is 0. The first-order chi connectivity index (χ1) is 8.56. The lowest BCUT2D eigenvalue weighted by molar-refractivity contribution is 0.102. The number of rotatable bonds is 2. The van der Waals surface area contributed by atoms with Crippen molar-refractivity contribution < 1.29 is 9.18 Å². The van der Waals surface area contributed by atoms with Crippen molar-refractivity contribution in [3.63, 3.8) is 0 Å². The largest absolute Gasteiger partial charge is 0.382 e. The number of benzene rings is 1. The molecule has 1 heterocycles. The van der Waals surface area contributed by atoms with Crippen molar-refractivity contribution in [1.82, 2.24) is 9.97 Å². The average molecular weight is 311 g/mol.